The first kappa shape index (κ1) is 24.6. The molecule has 0 aliphatic carbocycles. The van der Waals surface area contributed by atoms with Gasteiger partial charge in [0.15, 0.2) is 0 Å². The van der Waals surface area contributed by atoms with E-state index >= 15 is 0 Å². The van der Waals surface area contributed by atoms with Crippen molar-refractivity contribution in [3.05, 3.63) is 69.9 Å². The second-order valence-corrected chi connectivity index (χ2v) is 9.38. The van der Waals surface area contributed by atoms with E-state index in [4.69, 9.17) is 37.7 Å². The highest BCUT2D eigenvalue weighted by atomic mass is 35.5. The minimum Gasteiger partial charge on any atom is -0.463 e. The van der Waals surface area contributed by atoms with E-state index in [1.165, 1.54) is 18.7 Å². The molecule has 2 aromatic heterocycles. The average molecular weight is 494 g/mol. The summed E-state index contributed by atoms with van der Waals surface area (Å²) in [5.41, 5.74) is 1.80. The van der Waals surface area contributed by atoms with Gasteiger partial charge in [-0.1, -0.05) is 54.9 Å². The lowest BCUT2D eigenvalue weighted by molar-refractivity contribution is -0.143. The van der Waals surface area contributed by atoms with Crippen LogP contribution in [0.15, 0.2) is 52.5 Å². The van der Waals surface area contributed by atoms with Crippen molar-refractivity contribution in [3.8, 4) is 0 Å². The number of aromatic nitrogens is 3. The van der Waals surface area contributed by atoms with Crippen molar-refractivity contribution in [2.45, 2.75) is 49.1 Å². The van der Waals surface area contributed by atoms with Crippen molar-refractivity contribution in [2.75, 3.05) is 13.2 Å². The number of esters is 1. The number of aromatic amines is 1. The van der Waals surface area contributed by atoms with Crippen molar-refractivity contribution >= 4 is 40.9 Å². The molecule has 170 valence electrons. The Morgan fingerprint density at radius 3 is 2.53 bits per heavy atom. The van der Waals surface area contributed by atoms with Gasteiger partial charge in [0.2, 0.25) is 0 Å². The Bertz CT molecular complexity index is 1020. The first-order valence-corrected chi connectivity index (χ1v) is 11.8. The predicted octanol–water partition coefficient (Wildman–Crippen LogP) is 6.25. The Labute approximate surface area is 202 Å². The zero-order valence-electron chi connectivity index (χ0n) is 18.1. The Balaban J connectivity index is 1.86. The van der Waals surface area contributed by atoms with E-state index in [2.05, 4.69) is 23.8 Å². The molecule has 0 amide bonds. The van der Waals surface area contributed by atoms with Gasteiger partial charge >= 0.3 is 5.97 Å². The van der Waals surface area contributed by atoms with E-state index in [9.17, 15) is 4.79 Å². The zero-order chi connectivity index (χ0) is 23.1. The molecule has 0 bridgehead atoms. The minimum atomic E-state index is -0.379. The molecular weight excluding hydrogens is 469 g/mol. The third kappa shape index (κ3) is 7.24. The minimum absolute atomic E-state index is 0.175. The van der Waals surface area contributed by atoms with Crippen molar-refractivity contribution in [1.82, 2.24) is 15.0 Å². The van der Waals surface area contributed by atoms with Crippen LogP contribution in [0.5, 0.6) is 0 Å². The maximum absolute atomic E-state index is 11.1. The summed E-state index contributed by atoms with van der Waals surface area (Å²) >= 11 is 13.9. The molecule has 1 atom stereocenters. The van der Waals surface area contributed by atoms with Gasteiger partial charge in [-0.2, -0.15) is 0 Å². The molecule has 0 saturated heterocycles. The lowest BCUT2D eigenvalue weighted by Gasteiger charge is -2.15. The Morgan fingerprint density at radius 2 is 1.91 bits per heavy atom. The number of hydrogen-bond donors (Lipinski definition) is 1. The smallest absolute Gasteiger partial charge is 0.302 e. The standard InChI is InChI=1S/C23H25Cl2N3O3S/c1-14(2)21-23(32-19-11-16(24)10-17(25)12-19)28-22(27-21)20(31-9-8-30-15(3)29)13-18-6-4-5-7-26-18/h4-7,10-12,14,20H,8-9,13H2,1-3H3,(H,27,28). The quantitative estimate of drug-likeness (QED) is 0.265. The van der Waals surface area contributed by atoms with Crippen LogP contribution in [0.25, 0.3) is 0 Å². The van der Waals surface area contributed by atoms with Gasteiger partial charge in [0.1, 0.15) is 23.6 Å². The summed E-state index contributed by atoms with van der Waals surface area (Å²) in [7, 11) is 0. The number of nitrogens with zero attached hydrogens (tertiary/aromatic N) is 2. The number of nitrogens with one attached hydrogen (secondary N) is 1. The summed E-state index contributed by atoms with van der Waals surface area (Å²) in [5.74, 6) is 0.542. The molecule has 3 rings (SSSR count). The number of carbonyl (C=O) groups excluding carboxylic acids is 1. The zero-order valence-corrected chi connectivity index (χ0v) is 20.4. The SMILES string of the molecule is CC(=O)OCCOC(Cc1ccccn1)c1nc(C(C)C)c(Sc2cc(Cl)cc(Cl)c2)[nH]1. The van der Waals surface area contributed by atoms with Crippen LogP contribution in [0.1, 0.15) is 50.0 Å². The van der Waals surface area contributed by atoms with Crippen LogP contribution in [-0.4, -0.2) is 34.1 Å². The average Bonchev–Trinajstić information content (AvgIpc) is 3.14. The van der Waals surface area contributed by atoms with E-state index in [1.807, 2.05) is 30.3 Å². The van der Waals surface area contributed by atoms with Crippen LogP contribution >= 0.6 is 35.0 Å². The van der Waals surface area contributed by atoms with Crippen molar-refractivity contribution in [1.29, 1.82) is 0 Å². The van der Waals surface area contributed by atoms with Crippen LogP contribution in [0, 0.1) is 0 Å². The molecule has 3 aromatic rings. The summed E-state index contributed by atoms with van der Waals surface area (Å²) in [6.45, 7) is 5.97. The summed E-state index contributed by atoms with van der Waals surface area (Å²) in [6.07, 6.45) is 1.89. The van der Waals surface area contributed by atoms with Gasteiger partial charge in [-0.25, -0.2) is 4.98 Å². The first-order chi connectivity index (χ1) is 15.3. The molecular formula is C23H25Cl2N3O3S. The Hall–Kier alpha value is -2.06. The van der Waals surface area contributed by atoms with Crippen LogP contribution in [-0.2, 0) is 20.7 Å². The number of pyridine rings is 1. The van der Waals surface area contributed by atoms with E-state index in [-0.39, 0.29) is 31.2 Å². The third-order valence-corrected chi connectivity index (χ3v) is 5.87. The maximum Gasteiger partial charge on any atom is 0.302 e. The fourth-order valence-corrected chi connectivity index (χ4v) is 4.84. The molecule has 1 unspecified atom stereocenters. The normalized spacial score (nSPS) is 12.2. The number of halogens is 2. The molecule has 0 aliphatic rings. The maximum atomic E-state index is 11.1. The molecule has 1 aromatic carbocycles. The topological polar surface area (TPSA) is 77.1 Å². The lowest BCUT2D eigenvalue weighted by Crippen LogP contribution is -2.15. The molecule has 9 heteroatoms. The molecule has 0 aliphatic heterocycles. The molecule has 0 radical (unpaired) electrons. The lowest BCUT2D eigenvalue weighted by atomic mass is 10.1. The van der Waals surface area contributed by atoms with Crippen LogP contribution < -0.4 is 0 Å². The molecule has 0 saturated carbocycles. The van der Waals surface area contributed by atoms with Crippen LogP contribution in [0.3, 0.4) is 0 Å². The number of hydrogen-bond acceptors (Lipinski definition) is 6. The second kappa shape index (κ2) is 11.7. The summed E-state index contributed by atoms with van der Waals surface area (Å²) in [6, 6.07) is 11.2. The number of benzene rings is 1. The number of rotatable bonds is 10. The Morgan fingerprint density at radius 1 is 1.16 bits per heavy atom. The largest absolute Gasteiger partial charge is 0.463 e. The van der Waals surface area contributed by atoms with Crippen LogP contribution in [0.2, 0.25) is 10.0 Å². The summed E-state index contributed by atoms with van der Waals surface area (Å²) in [4.78, 5) is 24.7. The molecule has 2 heterocycles. The van der Waals surface area contributed by atoms with E-state index in [1.54, 1.807) is 12.3 Å². The van der Waals surface area contributed by atoms with Gasteiger partial charge < -0.3 is 14.5 Å². The number of ether oxygens (including phenoxy) is 2. The highest BCUT2D eigenvalue weighted by Crippen LogP contribution is 2.36. The van der Waals surface area contributed by atoms with Crippen molar-refractivity contribution < 1.29 is 14.3 Å². The number of imidazole rings is 1. The Kier molecular flexibility index (Phi) is 8.99. The number of H-pyrrole nitrogens is 1. The highest BCUT2D eigenvalue weighted by molar-refractivity contribution is 7.99. The van der Waals surface area contributed by atoms with Gasteiger partial charge in [0.25, 0.3) is 0 Å². The monoisotopic (exact) mass is 493 g/mol. The van der Waals surface area contributed by atoms with Gasteiger partial charge in [-0.15, -0.1) is 0 Å². The van der Waals surface area contributed by atoms with Gasteiger partial charge in [-0.05, 0) is 36.2 Å². The summed E-state index contributed by atoms with van der Waals surface area (Å²) < 4.78 is 11.1. The van der Waals surface area contributed by atoms with Gasteiger partial charge in [-0.3, -0.25) is 9.78 Å². The number of carbonyl (C=O) groups is 1. The fourth-order valence-electron chi connectivity index (χ4n) is 3.03. The second-order valence-electron chi connectivity index (χ2n) is 7.42. The van der Waals surface area contributed by atoms with E-state index < -0.39 is 0 Å². The predicted molar refractivity (Wildman–Crippen MR) is 127 cm³/mol. The fraction of sp³-hybridized carbons (Fsp3) is 0.348. The van der Waals surface area contributed by atoms with Gasteiger partial charge in [0.05, 0.1) is 12.3 Å². The third-order valence-electron chi connectivity index (χ3n) is 4.45. The first-order valence-electron chi connectivity index (χ1n) is 10.2. The van der Waals surface area contributed by atoms with Gasteiger partial charge in [0, 0.05) is 40.2 Å². The van der Waals surface area contributed by atoms with E-state index in [0.29, 0.717) is 22.3 Å². The molecule has 0 fully saturated rings. The van der Waals surface area contributed by atoms with Crippen molar-refractivity contribution in [2.24, 2.45) is 0 Å². The summed E-state index contributed by atoms with van der Waals surface area (Å²) in [5, 5.41) is 2.06. The van der Waals surface area contributed by atoms with Crippen LogP contribution in [0.4, 0.5) is 0 Å². The molecule has 6 nitrogen and oxygen atoms in total. The van der Waals surface area contributed by atoms with Crippen molar-refractivity contribution in [3.63, 3.8) is 0 Å². The molecule has 1 N–H and O–H groups in total. The molecule has 32 heavy (non-hydrogen) atoms. The highest BCUT2D eigenvalue weighted by Gasteiger charge is 2.22. The molecule has 0 spiro atoms. The van der Waals surface area contributed by atoms with E-state index in [0.717, 1.165) is 21.3 Å².